The molecule has 0 saturated carbocycles. The zero-order chi connectivity index (χ0) is 12.0. The molecule has 2 radical (unpaired) electrons. The number of benzene rings is 2. The molecule has 2 nitrogen and oxygen atoms in total. The number of hydrogen-bond donors (Lipinski definition) is 2. The fraction of sp³-hybridized carbons (Fsp3) is 0. The molecule has 2 rings (SSSR count). The summed E-state index contributed by atoms with van der Waals surface area (Å²) in [5.74, 6) is 0.662. The zero-order valence-electron chi connectivity index (χ0n) is 9.15. The first kappa shape index (κ1) is 20.5. The Morgan fingerprint density at radius 1 is 0.556 bits per heavy atom. The molecule has 0 saturated heterocycles. The van der Waals surface area contributed by atoms with E-state index in [1.807, 2.05) is 68.9 Å². The summed E-state index contributed by atoms with van der Waals surface area (Å²) in [5, 5.41) is 17.5. The van der Waals surface area contributed by atoms with Gasteiger partial charge in [-0.15, -0.1) is 24.8 Å². The minimum atomic E-state index is 0. The third-order valence-electron chi connectivity index (χ3n) is 1.67. The van der Waals surface area contributed by atoms with E-state index in [0.717, 1.165) is 0 Å². The first-order valence-corrected chi connectivity index (χ1v) is 6.83. The summed E-state index contributed by atoms with van der Waals surface area (Å²) < 4.78 is 2.36. The van der Waals surface area contributed by atoms with Crippen molar-refractivity contribution in [1.29, 1.82) is 0 Å². The summed E-state index contributed by atoms with van der Waals surface area (Å²) in [5.41, 5.74) is 0. The maximum atomic E-state index is 8.76. The van der Waals surface area contributed by atoms with Crippen LogP contribution in [0.1, 0.15) is 0 Å². The Balaban J connectivity index is 0. The topological polar surface area (TPSA) is 40.5 Å². The van der Waals surface area contributed by atoms with E-state index in [-0.39, 0.29) is 24.8 Å². The second kappa shape index (κ2) is 11.1. The van der Waals surface area contributed by atoms with Gasteiger partial charge in [-0.2, -0.15) is 0 Å². The van der Waals surface area contributed by atoms with Gasteiger partial charge < -0.3 is 0 Å². The van der Waals surface area contributed by atoms with E-state index >= 15 is 0 Å². The fourth-order valence-corrected chi connectivity index (χ4v) is 1.67. The molecule has 18 heavy (non-hydrogen) atoms. The van der Waals surface area contributed by atoms with Crippen molar-refractivity contribution in [1.82, 2.24) is 0 Å². The van der Waals surface area contributed by atoms with Gasteiger partial charge in [-0.3, -0.25) is 0 Å². The quantitative estimate of drug-likeness (QED) is 0.520. The van der Waals surface area contributed by atoms with E-state index in [4.69, 9.17) is 10.2 Å². The van der Waals surface area contributed by atoms with Crippen molar-refractivity contribution in [2.45, 2.75) is 0 Å². The molecule has 0 aliphatic rings. The van der Waals surface area contributed by atoms with Crippen molar-refractivity contribution >= 4 is 76.6 Å². The van der Waals surface area contributed by atoms with Crippen LogP contribution in [0.5, 0.6) is 11.5 Å². The Morgan fingerprint density at radius 2 is 0.778 bits per heavy atom. The summed E-state index contributed by atoms with van der Waals surface area (Å²) in [4.78, 5) is 0. The molecule has 0 fully saturated rings. The van der Waals surface area contributed by atoms with E-state index in [2.05, 4.69) is 0 Å². The van der Waals surface area contributed by atoms with E-state index < -0.39 is 0 Å². The summed E-state index contributed by atoms with van der Waals surface area (Å²) >= 11 is 3.84. The van der Waals surface area contributed by atoms with E-state index in [1.54, 1.807) is 24.3 Å². The monoisotopic (exact) mass is 518 g/mol. The van der Waals surface area contributed by atoms with E-state index in [9.17, 15) is 0 Å². The Morgan fingerprint density at radius 3 is 0.944 bits per heavy atom. The summed E-state index contributed by atoms with van der Waals surface area (Å²) in [6.07, 6.45) is 0. The maximum absolute atomic E-state index is 8.76. The van der Waals surface area contributed by atoms with Crippen molar-refractivity contribution in [3.05, 3.63) is 48.5 Å². The third kappa shape index (κ3) is 9.17. The summed E-state index contributed by atoms with van der Waals surface area (Å²) in [6, 6.07) is 14.2. The Labute approximate surface area is 145 Å². The van der Waals surface area contributed by atoms with Crippen LogP contribution in [0.15, 0.2) is 48.5 Å². The second-order valence-electron chi connectivity index (χ2n) is 2.99. The van der Waals surface area contributed by atoms with Crippen LogP contribution in [-0.2, 0) is 0 Å². The van der Waals surface area contributed by atoms with Crippen LogP contribution in [0, 0.1) is 0 Å². The molecule has 2 aromatic carbocycles. The third-order valence-corrected chi connectivity index (χ3v) is 3.23. The molecule has 6 heteroatoms. The standard InChI is InChI=1S/2C6H5OTe.2ClH/c2*7-5-1-3-6(8)4-2-5;;/h2*1-4,7H;2*1H. The second-order valence-corrected chi connectivity index (χ2v) is 5.68. The van der Waals surface area contributed by atoms with Crippen LogP contribution in [0.25, 0.3) is 0 Å². The average Bonchev–Trinajstić information content (AvgIpc) is 2.28. The van der Waals surface area contributed by atoms with Crippen LogP contribution in [0.2, 0.25) is 0 Å². The molecule has 0 bridgehead atoms. The van der Waals surface area contributed by atoms with Crippen LogP contribution in [0.4, 0.5) is 0 Å². The van der Waals surface area contributed by atoms with Gasteiger partial charge in [0.25, 0.3) is 0 Å². The average molecular weight is 514 g/mol. The van der Waals surface area contributed by atoms with Crippen LogP contribution in [0.3, 0.4) is 0 Å². The Kier molecular flexibility index (Phi) is 12.6. The van der Waals surface area contributed by atoms with E-state index in [1.165, 1.54) is 7.22 Å². The molecule has 0 aliphatic carbocycles. The first-order valence-electron chi connectivity index (χ1n) is 4.50. The van der Waals surface area contributed by atoms with Crippen LogP contribution >= 0.6 is 24.8 Å². The van der Waals surface area contributed by atoms with Crippen molar-refractivity contribution in [3.63, 3.8) is 0 Å². The fourth-order valence-electron chi connectivity index (χ4n) is 0.892. The summed E-state index contributed by atoms with van der Waals surface area (Å²) in [6.45, 7) is 0. The molecule has 0 amide bonds. The molecule has 0 unspecified atom stereocenters. The molecule has 0 heterocycles. The molecule has 98 valence electrons. The Bertz CT molecular complexity index is 347. The predicted molar refractivity (Wildman–Crippen MR) is 81.5 cm³/mol. The number of aromatic hydroxyl groups is 2. The van der Waals surface area contributed by atoms with Crippen LogP contribution in [-0.4, -0.2) is 54.8 Å². The van der Waals surface area contributed by atoms with Crippen LogP contribution < -0.4 is 7.22 Å². The number of rotatable bonds is 0. The van der Waals surface area contributed by atoms with E-state index in [0.29, 0.717) is 11.5 Å². The molecule has 0 atom stereocenters. The summed E-state index contributed by atoms with van der Waals surface area (Å²) in [7, 11) is 0. The van der Waals surface area contributed by atoms with Crippen molar-refractivity contribution in [2.24, 2.45) is 0 Å². The number of phenols is 2. The molecule has 2 N–H and O–H groups in total. The van der Waals surface area contributed by atoms with Gasteiger partial charge in [0.05, 0.1) is 0 Å². The number of hydrogen-bond acceptors (Lipinski definition) is 2. The van der Waals surface area contributed by atoms with Gasteiger partial charge in [-0.05, 0) is 0 Å². The predicted octanol–water partition coefficient (Wildman–Crippen LogP) is 1.22. The Hall–Kier alpha value is 0.199. The van der Waals surface area contributed by atoms with Gasteiger partial charge in [0.15, 0.2) is 0 Å². The van der Waals surface area contributed by atoms with Gasteiger partial charge in [0.2, 0.25) is 0 Å². The van der Waals surface area contributed by atoms with Gasteiger partial charge in [0.1, 0.15) is 0 Å². The SMILES string of the molecule is Cl.Cl.Oc1ccc([Te])cc1.Oc1ccc([Te])cc1. The van der Waals surface area contributed by atoms with Crippen molar-refractivity contribution in [3.8, 4) is 11.5 Å². The zero-order valence-corrected chi connectivity index (χ0v) is 15.4. The van der Waals surface area contributed by atoms with Gasteiger partial charge in [-0.25, -0.2) is 0 Å². The molecule has 0 aliphatic heterocycles. The molecular formula is C12H12Cl2O2Te2. The number of halogens is 2. The minimum absolute atomic E-state index is 0. The molecule has 0 spiro atoms. The first-order chi connectivity index (χ1) is 7.58. The molecule has 0 aromatic heterocycles. The van der Waals surface area contributed by atoms with Gasteiger partial charge in [-0.1, -0.05) is 0 Å². The molecular weight excluding hydrogens is 502 g/mol. The van der Waals surface area contributed by atoms with Crippen molar-refractivity contribution < 1.29 is 10.2 Å². The number of phenolic OH excluding ortho intramolecular Hbond substituents is 2. The van der Waals surface area contributed by atoms with Gasteiger partial charge in [0, 0.05) is 0 Å². The normalized spacial score (nSPS) is 8.00. The van der Waals surface area contributed by atoms with Crippen molar-refractivity contribution in [2.75, 3.05) is 0 Å². The van der Waals surface area contributed by atoms with Gasteiger partial charge >= 0.3 is 122 Å². The molecule has 2 aromatic rings.